The van der Waals surface area contributed by atoms with Crippen molar-refractivity contribution < 1.29 is 0 Å². The highest BCUT2D eigenvalue weighted by Crippen LogP contribution is 2.31. The normalized spacial score (nSPS) is 10.3. The molecule has 76 valence electrons. The molecule has 0 spiro atoms. The molecule has 0 radical (unpaired) electrons. The first-order chi connectivity index (χ1) is 7.25. The second-order valence-electron chi connectivity index (χ2n) is 2.85. The van der Waals surface area contributed by atoms with Crippen LogP contribution in [0, 0.1) is 0 Å². The molecule has 1 heterocycles. The molecular formula is C11H7BrClNS. The van der Waals surface area contributed by atoms with Gasteiger partial charge in [0.15, 0.2) is 0 Å². The summed E-state index contributed by atoms with van der Waals surface area (Å²) in [6.07, 6.45) is 1.78. The molecule has 0 fully saturated rings. The van der Waals surface area contributed by atoms with E-state index in [9.17, 15) is 0 Å². The highest BCUT2D eigenvalue weighted by atomic mass is 79.9. The van der Waals surface area contributed by atoms with Crippen molar-refractivity contribution in [3.8, 4) is 0 Å². The lowest BCUT2D eigenvalue weighted by atomic mass is 10.4. The molecule has 0 amide bonds. The van der Waals surface area contributed by atoms with Gasteiger partial charge in [-0.3, -0.25) is 0 Å². The third-order valence-electron chi connectivity index (χ3n) is 1.75. The molecule has 15 heavy (non-hydrogen) atoms. The fourth-order valence-corrected chi connectivity index (χ4v) is 2.33. The second-order valence-corrected chi connectivity index (χ2v) is 5.23. The van der Waals surface area contributed by atoms with Crippen LogP contribution in [0.3, 0.4) is 0 Å². The monoisotopic (exact) mass is 299 g/mol. The van der Waals surface area contributed by atoms with E-state index < -0.39 is 0 Å². The summed E-state index contributed by atoms with van der Waals surface area (Å²) in [5.74, 6) is 0. The summed E-state index contributed by atoms with van der Waals surface area (Å²) >= 11 is 11.0. The summed E-state index contributed by atoms with van der Waals surface area (Å²) in [6.45, 7) is 0. The van der Waals surface area contributed by atoms with Crippen molar-refractivity contribution in [2.45, 2.75) is 9.92 Å². The third-order valence-corrected chi connectivity index (χ3v) is 3.69. The number of hydrogen-bond donors (Lipinski definition) is 0. The van der Waals surface area contributed by atoms with E-state index >= 15 is 0 Å². The number of benzene rings is 1. The van der Waals surface area contributed by atoms with Crippen LogP contribution in [0.15, 0.2) is 57.0 Å². The Labute approximate surface area is 106 Å². The molecular weight excluding hydrogens is 294 g/mol. The molecule has 0 atom stereocenters. The van der Waals surface area contributed by atoms with Crippen molar-refractivity contribution in [2.24, 2.45) is 0 Å². The molecule has 1 nitrogen and oxygen atoms in total. The molecule has 0 aliphatic rings. The van der Waals surface area contributed by atoms with E-state index in [2.05, 4.69) is 20.9 Å². The van der Waals surface area contributed by atoms with Crippen LogP contribution in [0.4, 0.5) is 0 Å². The first-order valence-corrected chi connectivity index (χ1v) is 6.28. The van der Waals surface area contributed by atoms with E-state index in [1.54, 1.807) is 18.0 Å². The summed E-state index contributed by atoms with van der Waals surface area (Å²) in [4.78, 5) is 5.29. The first-order valence-electron chi connectivity index (χ1n) is 4.29. The Kier molecular flexibility index (Phi) is 3.67. The van der Waals surface area contributed by atoms with Crippen LogP contribution in [0.5, 0.6) is 0 Å². The minimum absolute atomic E-state index is 0.757. The fraction of sp³-hybridized carbons (Fsp3) is 0. The van der Waals surface area contributed by atoms with Crippen molar-refractivity contribution in [3.05, 3.63) is 52.1 Å². The Bertz CT molecular complexity index is 458. The smallest absolute Gasteiger partial charge is 0.101 e. The predicted molar refractivity (Wildman–Crippen MR) is 67.5 cm³/mol. The maximum absolute atomic E-state index is 6.05. The number of halogens is 2. The van der Waals surface area contributed by atoms with Gasteiger partial charge in [0, 0.05) is 15.6 Å². The average Bonchev–Trinajstić information content (AvgIpc) is 2.25. The van der Waals surface area contributed by atoms with Gasteiger partial charge in [-0.15, -0.1) is 0 Å². The highest BCUT2D eigenvalue weighted by molar-refractivity contribution is 9.10. The lowest BCUT2D eigenvalue weighted by Crippen LogP contribution is -1.79. The molecule has 4 heteroatoms. The lowest BCUT2D eigenvalue weighted by Gasteiger charge is -2.02. The van der Waals surface area contributed by atoms with Gasteiger partial charge in [0.2, 0.25) is 0 Å². The number of pyridine rings is 1. The maximum atomic E-state index is 6.05. The average molecular weight is 301 g/mol. The zero-order chi connectivity index (χ0) is 10.7. The van der Waals surface area contributed by atoms with Gasteiger partial charge in [-0.2, -0.15) is 0 Å². The van der Waals surface area contributed by atoms with Gasteiger partial charge < -0.3 is 0 Å². The molecule has 0 unspecified atom stereocenters. The Morgan fingerprint density at radius 2 is 1.93 bits per heavy atom. The van der Waals surface area contributed by atoms with E-state index in [4.69, 9.17) is 11.6 Å². The SMILES string of the molecule is Clc1ccccc1Sc1ccc(Br)cn1. The Balaban J connectivity index is 2.22. The Hall–Kier alpha value is -0.510. The molecule has 0 aliphatic carbocycles. The topological polar surface area (TPSA) is 12.9 Å². The van der Waals surface area contributed by atoms with Gasteiger partial charge in [0.05, 0.1) is 5.02 Å². The third kappa shape index (κ3) is 2.97. The van der Waals surface area contributed by atoms with E-state index in [0.29, 0.717) is 0 Å². The van der Waals surface area contributed by atoms with Crippen LogP contribution >= 0.6 is 39.3 Å². The Morgan fingerprint density at radius 1 is 1.13 bits per heavy atom. The summed E-state index contributed by atoms with van der Waals surface area (Å²) < 4.78 is 0.978. The van der Waals surface area contributed by atoms with Crippen LogP contribution in [-0.4, -0.2) is 4.98 Å². The molecule has 1 aromatic heterocycles. The van der Waals surface area contributed by atoms with Crippen molar-refractivity contribution in [3.63, 3.8) is 0 Å². The lowest BCUT2D eigenvalue weighted by molar-refractivity contribution is 1.12. The zero-order valence-corrected chi connectivity index (χ0v) is 10.8. The highest BCUT2D eigenvalue weighted by Gasteiger charge is 2.02. The number of hydrogen-bond acceptors (Lipinski definition) is 2. The van der Waals surface area contributed by atoms with Gasteiger partial charge >= 0.3 is 0 Å². The second kappa shape index (κ2) is 5.01. The molecule has 0 saturated carbocycles. The Morgan fingerprint density at radius 3 is 2.60 bits per heavy atom. The summed E-state index contributed by atoms with van der Waals surface area (Å²) in [6, 6.07) is 11.7. The van der Waals surface area contributed by atoms with Gasteiger partial charge in [0.1, 0.15) is 5.03 Å². The van der Waals surface area contributed by atoms with Crippen LogP contribution in [0.25, 0.3) is 0 Å². The van der Waals surface area contributed by atoms with Crippen molar-refractivity contribution in [1.82, 2.24) is 4.98 Å². The van der Waals surface area contributed by atoms with E-state index in [1.807, 2.05) is 36.4 Å². The molecule has 0 bridgehead atoms. The van der Waals surface area contributed by atoms with Crippen molar-refractivity contribution in [2.75, 3.05) is 0 Å². The molecule has 0 aliphatic heterocycles. The first kappa shape index (κ1) is 11.0. The van der Waals surface area contributed by atoms with Crippen LogP contribution < -0.4 is 0 Å². The van der Waals surface area contributed by atoms with Crippen molar-refractivity contribution in [1.29, 1.82) is 0 Å². The number of aromatic nitrogens is 1. The largest absolute Gasteiger partial charge is 0.248 e. The van der Waals surface area contributed by atoms with Crippen molar-refractivity contribution >= 4 is 39.3 Å². The predicted octanol–water partition coefficient (Wildman–Crippen LogP) is 4.65. The zero-order valence-electron chi connectivity index (χ0n) is 7.65. The molecule has 2 rings (SSSR count). The van der Waals surface area contributed by atoms with E-state index in [0.717, 1.165) is 19.4 Å². The minimum Gasteiger partial charge on any atom is -0.248 e. The molecule has 0 N–H and O–H groups in total. The van der Waals surface area contributed by atoms with Crippen LogP contribution in [-0.2, 0) is 0 Å². The van der Waals surface area contributed by atoms with Gasteiger partial charge in [0.25, 0.3) is 0 Å². The minimum atomic E-state index is 0.757. The number of rotatable bonds is 2. The standard InChI is InChI=1S/C11H7BrClNS/c12-8-5-6-11(14-7-8)15-10-4-2-1-3-9(10)13/h1-7H. The molecule has 0 saturated heterocycles. The summed E-state index contributed by atoms with van der Waals surface area (Å²) in [5, 5.41) is 1.69. The van der Waals surface area contributed by atoms with Gasteiger partial charge in [-0.1, -0.05) is 35.5 Å². The quantitative estimate of drug-likeness (QED) is 0.801. The summed E-state index contributed by atoms with van der Waals surface area (Å²) in [7, 11) is 0. The summed E-state index contributed by atoms with van der Waals surface area (Å²) in [5.41, 5.74) is 0. The number of nitrogens with zero attached hydrogens (tertiary/aromatic N) is 1. The van der Waals surface area contributed by atoms with E-state index in [-0.39, 0.29) is 0 Å². The van der Waals surface area contributed by atoms with E-state index in [1.165, 1.54) is 0 Å². The van der Waals surface area contributed by atoms with Crippen LogP contribution in [0.2, 0.25) is 5.02 Å². The fourth-order valence-electron chi connectivity index (χ4n) is 1.06. The van der Waals surface area contributed by atoms with Gasteiger partial charge in [-0.05, 0) is 40.2 Å². The maximum Gasteiger partial charge on any atom is 0.101 e. The van der Waals surface area contributed by atoms with Crippen LogP contribution in [0.1, 0.15) is 0 Å². The molecule has 2 aromatic rings. The molecule has 1 aromatic carbocycles. The van der Waals surface area contributed by atoms with Gasteiger partial charge in [-0.25, -0.2) is 4.98 Å².